The maximum Gasteiger partial charge on any atom is 0.173 e. The summed E-state index contributed by atoms with van der Waals surface area (Å²) in [5.41, 5.74) is 2.58. The molecule has 0 bridgehead atoms. The normalized spacial score (nSPS) is 15.5. The zero-order chi connectivity index (χ0) is 27.7. The highest BCUT2D eigenvalue weighted by molar-refractivity contribution is 5.69. The van der Waals surface area contributed by atoms with Gasteiger partial charge in [0.05, 0.1) is 32.7 Å². The van der Waals surface area contributed by atoms with Gasteiger partial charge in [0.2, 0.25) is 0 Å². The number of benzene rings is 2. The van der Waals surface area contributed by atoms with Crippen LogP contribution in [-0.4, -0.2) is 45.9 Å². The molecule has 0 unspecified atom stereocenters. The third-order valence-electron chi connectivity index (χ3n) is 7.47. The summed E-state index contributed by atoms with van der Waals surface area (Å²) >= 11 is 0. The standard InChI is InChI=1S/C30H35N5O5/c1-30(2,39-17-20-9-11-23-24(15-20)38-13-12-37-23)29-33-26-27(31)32-18-35(28(26)34-29)16-19-8-10-22(36-3)25(14-19)40-21-6-4-5-7-21/h8-11,14-15,18,21,31H,4-7,12-13,16-17H2,1-3H3,(H,33,34). The second kappa shape index (κ2) is 10.8. The summed E-state index contributed by atoms with van der Waals surface area (Å²) in [5.74, 6) is 3.58. The molecule has 0 saturated heterocycles. The summed E-state index contributed by atoms with van der Waals surface area (Å²) < 4.78 is 31.4. The molecule has 0 radical (unpaired) electrons. The van der Waals surface area contributed by atoms with Crippen molar-refractivity contribution in [3.8, 4) is 23.0 Å². The number of H-pyrrole nitrogens is 1. The van der Waals surface area contributed by atoms with Crippen molar-refractivity contribution in [1.29, 1.82) is 5.41 Å². The number of nitrogens with zero attached hydrogens (tertiary/aromatic N) is 3. The van der Waals surface area contributed by atoms with Crippen molar-refractivity contribution in [2.45, 2.75) is 64.4 Å². The molecule has 1 aliphatic carbocycles. The van der Waals surface area contributed by atoms with Crippen LogP contribution in [-0.2, 0) is 23.5 Å². The number of rotatable bonds is 9. The molecule has 2 aromatic heterocycles. The van der Waals surface area contributed by atoms with Crippen LogP contribution in [0.25, 0.3) is 11.2 Å². The number of aromatic nitrogens is 4. The molecule has 2 aromatic carbocycles. The molecule has 6 rings (SSSR count). The van der Waals surface area contributed by atoms with Crippen molar-refractivity contribution >= 4 is 11.2 Å². The summed E-state index contributed by atoms with van der Waals surface area (Å²) in [6.07, 6.45) is 6.42. The van der Waals surface area contributed by atoms with Gasteiger partial charge < -0.3 is 33.2 Å². The van der Waals surface area contributed by atoms with E-state index in [9.17, 15) is 0 Å². The quantitative estimate of drug-likeness (QED) is 0.309. The molecule has 210 valence electrons. The first-order valence-corrected chi connectivity index (χ1v) is 13.8. The fourth-order valence-electron chi connectivity index (χ4n) is 5.19. The molecular weight excluding hydrogens is 510 g/mol. The average molecular weight is 546 g/mol. The first-order valence-electron chi connectivity index (χ1n) is 13.8. The lowest BCUT2D eigenvalue weighted by molar-refractivity contribution is -0.0394. The van der Waals surface area contributed by atoms with Gasteiger partial charge in [-0.2, -0.15) is 0 Å². The third kappa shape index (κ3) is 5.36. The van der Waals surface area contributed by atoms with E-state index in [1.807, 2.05) is 54.8 Å². The molecule has 1 saturated carbocycles. The fraction of sp³-hybridized carbons (Fsp3) is 0.433. The highest BCUT2D eigenvalue weighted by Crippen LogP contribution is 2.34. The number of methoxy groups -OCH3 is 1. The predicted octanol–water partition coefficient (Wildman–Crippen LogP) is 4.84. The minimum Gasteiger partial charge on any atom is -0.493 e. The average Bonchev–Trinajstić information content (AvgIpc) is 3.65. The molecule has 3 heterocycles. The Kier molecular flexibility index (Phi) is 7.10. The number of hydrogen-bond donors (Lipinski definition) is 2. The van der Waals surface area contributed by atoms with E-state index in [1.165, 1.54) is 12.8 Å². The maximum absolute atomic E-state index is 8.40. The Labute approximate surface area is 232 Å². The van der Waals surface area contributed by atoms with Crippen LogP contribution >= 0.6 is 0 Å². The van der Waals surface area contributed by atoms with E-state index in [0.717, 1.165) is 47.0 Å². The maximum atomic E-state index is 8.40. The smallest absolute Gasteiger partial charge is 0.173 e. The Bertz CT molecular complexity index is 1570. The molecule has 0 atom stereocenters. The van der Waals surface area contributed by atoms with Gasteiger partial charge >= 0.3 is 0 Å². The predicted molar refractivity (Wildman–Crippen MR) is 148 cm³/mol. The van der Waals surface area contributed by atoms with E-state index < -0.39 is 5.60 Å². The summed E-state index contributed by atoms with van der Waals surface area (Å²) in [5, 5.41) is 8.40. The number of nitrogens with one attached hydrogen (secondary N) is 2. The van der Waals surface area contributed by atoms with Crippen LogP contribution in [0.15, 0.2) is 42.7 Å². The summed E-state index contributed by atoms with van der Waals surface area (Å²) in [6, 6.07) is 11.8. The fourth-order valence-corrected chi connectivity index (χ4v) is 5.19. The van der Waals surface area contributed by atoms with Crippen LogP contribution in [0.1, 0.15) is 56.5 Å². The zero-order valence-corrected chi connectivity index (χ0v) is 23.2. The molecule has 10 nitrogen and oxygen atoms in total. The largest absolute Gasteiger partial charge is 0.493 e. The molecule has 1 fully saturated rings. The van der Waals surface area contributed by atoms with E-state index in [0.29, 0.717) is 43.4 Å². The van der Waals surface area contributed by atoms with E-state index in [1.54, 1.807) is 13.4 Å². The molecule has 10 heteroatoms. The van der Waals surface area contributed by atoms with Gasteiger partial charge in [-0.3, -0.25) is 5.41 Å². The molecule has 2 aliphatic rings. The van der Waals surface area contributed by atoms with Crippen LogP contribution in [0.4, 0.5) is 0 Å². The van der Waals surface area contributed by atoms with Crippen molar-refractivity contribution in [2.24, 2.45) is 0 Å². The van der Waals surface area contributed by atoms with Gasteiger partial charge in [-0.05, 0) is 74.9 Å². The third-order valence-corrected chi connectivity index (χ3v) is 7.47. The Balaban J connectivity index is 1.23. The lowest BCUT2D eigenvalue weighted by atomic mass is 10.1. The summed E-state index contributed by atoms with van der Waals surface area (Å²) in [4.78, 5) is 12.5. The van der Waals surface area contributed by atoms with E-state index in [-0.39, 0.29) is 11.6 Å². The lowest BCUT2D eigenvalue weighted by Gasteiger charge is -2.24. The number of aromatic amines is 1. The summed E-state index contributed by atoms with van der Waals surface area (Å²) in [7, 11) is 1.66. The molecule has 40 heavy (non-hydrogen) atoms. The number of fused-ring (bicyclic) bond motifs is 2. The van der Waals surface area contributed by atoms with Gasteiger partial charge in [-0.15, -0.1) is 0 Å². The second-order valence-corrected chi connectivity index (χ2v) is 10.8. The van der Waals surface area contributed by atoms with Gasteiger partial charge in [0.1, 0.15) is 30.2 Å². The first-order chi connectivity index (χ1) is 19.4. The Morgan fingerprint density at radius 2 is 1.80 bits per heavy atom. The lowest BCUT2D eigenvalue weighted by Crippen LogP contribution is -2.23. The Morgan fingerprint density at radius 3 is 2.60 bits per heavy atom. The highest BCUT2D eigenvalue weighted by Gasteiger charge is 2.27. The van der Waals surface area contributed by atoms with Crippen LogP contribution in [0.2, 0.25) is 0 Å². The van der Waals surface area contributed by atoms with Crippen molar-refractivity contribution in [3.63, 3.8) is 0 Å². The van der Waals surface area contributed by atoms with Gasteiger partial charge in [-0.25, -0.2) is 9.97 Å². The topological polar surface area (TPSA) is 117 Å². The minimum atomic E-state index is -0.751. The van der Waals surface area contributed by atoms with Gasteiger partial charge in [0, 0.05) is 0 Å². The monoisotopic (exact) mass is 545 g/mol. The molecular formula is C30H35N5O5. The van der Waals surface area contributed by atoms with Crippen molar-refractivity contribution in [2.75, 3.05) is 20.3 Å². The highest BCUT2D eigenvalue weighted by atomic mass is 16.6. The Hall–Kier alpha value is -4.05. The van der Waals surface area contributed by atoms with E-state index in [4.69, 9.17) is 34.1 Å². The van der Waals surface area contributed by atoms with Crippen molar-refractivity contribution in [3.05, 3.63) is 65.2 Å². The van der Waals surface area contributed by atoms with Crippen molar-refractivity contribution in [1.82, 2.24) is 19.5 Å². The van der Waals surface area contributed by atoms with Gasteiger partial charge in [0.25, 0.3) is 0 Å². The molecule has 0 spiro atoms. The summed E-state index contributed by atoms with van der Waals surface area (Å²) in [6.45, 7) is 5.89. The SMILES string of the molecule is COc1ccc(Cn2cnc(=N)c3[nH]c(C(C)(C)OCc4ccc5c(c4)OCCO5)nc32)cc1OC1CCCC1. The van der Waals surface area contributed by atoms with Crippen LogP contribution in [0, 0.1) is 5.41 Å². The van der Waals surface area contributed by atoms with Crippen LogP contribution in [0.5, 0.6) is 23.0 Å². The molecule has 0 amide bonds. The molecule has 2 N–H and O–H groups in total. The van der Waals surface area contributed by atoms with Crippen LogP contribution in [0.3, 0.4) is 0 Å². The molecule has 1 aliphatic heterocycles. The van der Waals surface area contributed by atoms with Crippen molar-refractivity contribution < 1.29 is 23.7 Å². The van der Waals surface area contributed by atoms with Gasteiger partial charge in [-0.1, -0.05) is 12.1 Å². The Morgan fingerprint density at radius 1 is 1.02 bits per heavy atom. The van der Waals surface area contributed by atoms with Gasteiger partial charge in [0.15, 0.2) is 34.1 Å². The first kappa shape index (κ1) is 26.2. The number of imidazole rings is 1. The second-order valence-electron chi connectivity index (χ2n) is 10.8. The molecule has 4 aromatic rings. The van der Waals surface area contributed by atoms with E-state index in [2.05, 4.69) is 9.97 Å². The number of hydrogen-bond acceptors (Lipinski definition) is 8. The number of ether oxygens (including phenoxy) is 5. The van der Waals surface area contributed by atoms with Crippen LogP contribution < -0.4 is 24.4 Å². The van der Waals surface area contributed by atoms with E-state index >= 15 is 0 Å². The minimum absolute atomic E-state index is 0.132. The zero-order valence-electron chi connectivity index (χ0n) is 23.2.